The second kappa shape index (κ2) is 6.57. The molecule has 1 unspecified atom stereocenters. The molecule has 0 saturated heterocycles. The second-order valence-electron chi connectivity index (χ2n) is 5.22. The Balaban J connectivity index is 2.75. The average Bonchev–Trinajstić information content (AvgIpc) is 2.35. The number of carbonyl (C=O) groups excluding carboxylic acids is 1. The van der Waals surface area contributed by atoms with E-state index >= 15 is 0 Å². The lowest BCUT2D eigenvalue weighted by Crippen LogP contribution is -2.36. The van der Waals surface area contributed by atoms with Crippen molar-refractivity contribution in [1.29, 1.82) is 0 Å². The van der Waals surface area contributed by atoms with E-state index in [1.807, 2.05) is 45.9 Å². The molecule has 4 nitrogen and oxygen atoms in total. The van der Waals surface area contributed by atoms with Crippen LogP contribution in [0, 0.1) is 6.92 Å². The fourth-order valence-corrected chi connectivity index (χ4v) is 1.68. The summed E-state index contributed by atoms with van der Waals surface area (Å²) in [6.07, 6.45) is 0. The van der Waals surface area contributed by atoms with Crippen molar-refractivity contribution in [3.8, 4) is 5.75 Å². The quantitative estimate of drug-likeness (QED) is 0.887. The third-order valence-corrected chi connectivity index (χ3v) is 3.17. The maximum Gasteiger partial charge on any atom is 0.260 e. The van der Waals surface area contributed by atoms with Crippen molar-refractivity contribution in [2.75, 3.05) is 13.7 Å². The highest BCUT2D eigenvalue weighted by Crippen LogP contribution is 2.25. The molecule has 0 aliphatic carbocycles. The molecule has 1 aromatic rings. The standard InChI is InChI=1S/C15H24N2O2/c1-10(2)17(5)15(18)9-19-14-7-6-11(3)8-13(14)12(4)16/h6-8,10,12H,9,16H2,1-5H3. The lowest BCUT2D eigenvalue weighted by Gasteiger charge is -2.22. The molecule has 1 amide bonds. The molecular weight excluding hydrogens is 240 g/mol. The minimum absolute atomic E-state index is 0.0359. The molecule has 1 aromatic carbocycles. The lowest BCUT2D eigenvalue weighted by atomic mass is 10.1. The number of amides is 1. The molecule has 0 spiro atoms. The van der Waals surface area contributed by atoms with Crippen LogP contribution in [0.5, 0.6) is 5.75 Å². The normalized spacial score (nSPS) is 12.4. The van der Waals surface area contributed by atoms with Gasteiger partial charge in [-0.05, 0) is 33.8 Å². The topological polar surface area (TPSA) is 55.6 Å². The van der Waals surface area contributed by atoms with Gasteiger partial charge in [0.05, 0.1) is 0 Å². The van der Waals surface area contributed by atoms with E-state index < -0.39 is 0 Å². The van der Waals surface area contributed by atoms with Crippen molar-refractivity contribution in [2.24, 2.45) is 5.73 Å². The number of benzene rings is 1. The van der Waals surface area contributed by atoms with Gasteiger partial charge in [-0.1, -0.05) is 17.7 Å². The summed E-state index contributed by atoms with van der Waals surface area (Å²) in [7, 11) is 1.78. The van der Waals surface area contributed by atoms with Gasteiger partial charge in [-0.3, -0.25) is 4.79 Å². The number of aryl methyl sites for hydroxylation is 1. The van der Waals surface area contributed by atoms with Gasteiger partial charge in [0.25, 0.3) is 5.91 Å². The van der Waals surface area contributed by atoms with E-state index in [-0.39, 0.29) is 24.6 Å². The largest absolute Gasteiger partial charge is 0.483 e. The predicted molar refractivity (Wildman–Crippen MR) is 77.2 cm³/mol. The van der Waals surface area contributed by atoms with Crippen LogP contribution in [-0.4, -0.2) is 30.5 Å². The number of nitrogens with zero attached hydrogens (tertiary/aromatic N) is 1. The van der Waals surface area contributed by atoms with Crippen LogP contribution in [0.2, 0.25) is 0 Å². The second-order valence-corrected chi connectivity index (χ2v) is 5.22. The van der Waals surface area contributed by atoms with Crippen LogP contribution in [0.25, 0.3) is 0 Å². The average molecular weight is 264 g/mol. The maximum absolute atomic E-state index is 11.9. The zero-order valence-corrected chi connectivity index (χ0v) is 12.4. The molecule has 1 rings (SSSR count). The van der Waals surface area contributed by atoms with Crippen LogP contribution in [-0.2, 0) is 4.79 Å². The smallest absolute Gasteiger partial charge is 0.260 e. The van der Waals surface area contributed by atoms with Crippen LogP contribution in [0.3, 0.4) is 0 Å². The highest BCUT2D eigenvalue weighted by Gasteiger charge is 2.14. The summed E-state index contributed by atoms with van der Waals surface area (Å²) in [5.41, 5.74) is 7.98. The summed E-state index contributed by atoms with van der Waals surface area (Å²) in [5.74, 6) is 0.650. The Hall–Kier alpha value is -1.55. The van der Waals surface area contributed by atoms with E-state index in [1.165, 1.54) is 0 Å². The van der Waals surface area contributed by atoms with E-state index in [0.717, 1.165) is 11.1 Å². The Morgan fingerprint density at radius 1 is 1.37 bits per heavy atom. The summed E-state index contributed by atoms with van der Waals surface area (Å²) < 4.78 is 5.62. The Morgan fingerprint density at radius 3 is 2.53 bits per heavy atom. The molecule has 0 radical (unpaired) electrons. The molecule has 0 aliphatic heterocycles. The van der Waals surface area contributed by atoms with Crippen LogP contribution >= 0.6 is 0 Å². The predicted octanol–water partition coefficient (Wildman–Crippen LogP) is 2.26. The number of ether oxygens (including phenoxy) is 1. The third kappa shape index (κ3) is 4.24. The first-order chi connectivity index (χ1) is 8.82. The van der Waals surface area contributed by atoms with Crippen molar-refractivity contribution in [3.63, 3.8) is 0 Å². The van der Waals surface area contributed by atoms with Crippen molar-refractivity contribution in [2.45, 2.75) is 39.8 Å². The van der Waals surface area contributed by atoms with Crippen molar-refractivity contribution in [3.05, 3.63) is 29.3 Å². The molecular formula is C15H24N2O2. The third-order valence-electron chi connectivity index (χ3n) is 3.17. The van der Waals surface area contributed by atoms with Gasteiger partial charge in [-0.15, -0.1) is 0 Å². The van der Waals surface area contributed by atoms with Gasteiger partial charge in [0.1, 0.15) is 5.75 Å². The first kappa shape index (κ1) is 15.5. The summed E-state index contributed by atoms with van der Waals surface area (Å²) in [5, 5.41) is 0. The molecule has 19 heavy (non-hydrogen) atoms. The zero-order valence-electron chi connectivity index (χ0n) is 12.4. The molecule has 0 heterocycles. The number of rotatable bonds is 5. The molecule has 106 valence electrons. The summed E-state index contributed by atoms with van der Waals surface area (Å²) >= 11 is 0. The fourth-order valence-electron chi connectivity index (χ4n) is 1.68. The number of hydrogen-bond donors (Lipinski definition) is 1. The van der Waals surface area contributed by atoms with Gasteiger partial charge in [0.2, 0.25) is 0 Å². The Kier molecular flexibility index (Phi) is 5.36. The zero-order chi connectivity index (χ0) is 14.6. The lowest BCUT2D eigenvalue weighted by molar-refractivity contribution is -0.133. The summed E-state index contributed by atoms with van der Waals surface area (Å²) in [6, 6.07) is 5.88. The van der Waals surface area contributed by atoms with E-state index in [1.54, 1.807) is 11.9 Å². The Bertz CT molecular complexity index is 442. The Labute approximate surface area is 115 Å². The van der Waals surface area contributed by atoms with E-state index in [4.69, 9.17) is 10.5 Å². The highest BCUT2D eigenvalue weighted by molar-refractivity contribution is 5.77. The number of nitrogens with two attached hydrogens (primary N) is 1. The number of carbonyl (C=O) groups is 1. The number of hydrogen-bond acceptors (Lipinski definition) is 3. The van der Waals surface area contributed by atoms with Crippen molar-refractivity contribution in [1.82, 2.24) is 4.90 Å². The molecule has 0 aromatic heterocycles. The minimum atomic E-state index is -0.118. The van der Waals surface area contributed by atoms with Gasteiger partial charge < -0.3 is 15.4 Å². The van der Waals surface area contributed by atoms with Gasteiger partial charge in [-0.25, -0.2) is 0 Å². The fraction of sp³-hybridized carbons (Fsp3) is 0.533. The Morgan fingerprint density at radius 2 is 2.00 bits per heavy atom. The first-order valence-corrected chi connectivity index (χ1v) is 6.57. The van der Waals surface area contributed by atoms with Gasteiger partial charge in [0.15, 0.2) is 6.61 Å². The van der Waals surface area contributed by atoms with Crippen molar-refractivity contribution >= 4 is 5.91 Å². The molecule has 0 bridgehead atoms. The van der Waals surface area contributed by atoms with Crippen LogP contribution in [0.4, 0.5) is 0 Å². The SMILES string of the molecule is Cc1ccc(OCC(=O)N(C)C(C)C)c(C(C)N)c1. The maximum atomic E-state index is 11.9. The van der Waals surface area contributed by atoms with Gasteiger partial charge in [-0.2, -0.15) is 0 Å². The minimum Gasteiger partial charge on any atom is -0.483 e. The highest BCUT2D eigenvalue weighted by atomic mass is 16.5. The van der Waals surface area contributed by atoms with Gasteiger partial charge >= 0.3 is 0 Å². The van der Waals surface area contributed by atoms with Crippen LogP contribution in [0.1, 0.15) is 37.9 Å². The van der Waals surface area contributed by atoms with Gasteiger partial charge in [0, 0.05) is 24.7 Å². The number of likely N-dealkylation sites (N-methyl/N-ethyl adjacent to an activating group) is 1. The molecule has 0 fully saturated rings. The molecule has 4 heteroatoms. The van der Waals surface area contributed by atoms with E-state index in [0.29, 0.717) is 5.75 Å². The van der Waals surface area contributed by atoms with Crippen LogP contribution < -0.4 is 10.5 Å². The summed E-state index contributed by atoms with van der Waals surface area (Å²) in [6.45, 7) is 7.89. The monoisotopic (exact) mass is 264 g/mol. The molecule has 2 N–H and O–H groups in total. The molecule has 0 saturated carbocycles. The van der Waals surface area contributed by atoms with E-state index in [9.17, 15) is 4.79 Å². The molecule has 0 aliphatic rings. The van der Waals surface area contributed by atoms with Crippen molar-refractivity contribution < 1.29 is 9.53 Å². The summed E-state index contributed by atoms with van der Waals surface area (Å²) in [4.78, 5) is 13.5. The van der Waals surface area contributed by atoms with Crippen LogP contribution in [0.15, 0.2) is 18.2 Å². The molecule has 1 atom stereocenters. The van der Waals surface area contributed by atoms with E-state index in [2.05, 4.69) is 0 Å². The first-order valence-electron chi connectivity index (χ1n) is 6.57.